The summed E-state index contributed by atoms with van der Waals surface area (Å²) in [5.41, 5.74) is 1.21. The van der Waals surface area contributed by atoms with Crippen LogP contribution >= 0.6 is 0 Å². The smallest absolute Gasteiger partial charge is 0.272 e. The van der Waals surface area contributed by atoms with Crippen LogP contribution in [0.4, 0.5) is 17.3 Å². The fraction of sp³-hybridized carbons (Fsp3) is 0.474. The maximum absolute atomic E-state index is 12.1. The van der Waals surface area contributed by atoms with Gasteiger partial charge in [-0.25, -0.2) is 9.97 Å². The Labute approximate surface area is 165 Å². The molecule has 2 atom stereocenters. The number of anilines is 3. The number of hydrogen-bond acceptors (Lipinski definition) is 8. The Balaban J connectivity index is 1.72. The summed E-state index contributed by atoms with van der Waals surface area (Å²) in [6.45, 7) is 1.13. The molecule has 9 heteroatoms. The molecule has 1 amide bonds. The Morgan fingerprint density at radius 3 is 2.75 bits per heavy atom. The number of aliphatic hydroxyl groups is 1. The summed E-state index contributed by atoms with van der Waals surface area (Å²) in [6, 6.07) is 5.57. The van der Waals surface area contributed by atoms with E-state index in [1.165, 1.54) is 4.90 Å². The quantitative estimate of drug-likeness (QED) is 0.750. The number of β-amino-alcohol motifs (C(OH)–C–C–N with tert-alkyl or cyclic N) is 1. The fourth-order valence-corrected chi connectivity index (χ4v) is 3.23. The van der Waals surface area contributed by atoms with E-state index in [0.717, 1.165) is 17.3 Å². The van der Waals surface area contributed by atoms with Crippen molar-refractivity contribution in [2.24, 2.45) is 0 Å². The molecular weight excluding hydrogens is 358 g/mol. The summed E-state index contributed by atoms with van der Waals surface area (Å²) in [5.74, 6) is 1.47. The molecule has 2 aromatic heterocycles. The van der Waals surface area contributed by atoms with Crippen LogP contribution in [-0.2, 0) is 0 Å². The van der Waals surface area contributed by atoms with Gasteiger partial charge in [0, 0.05) is 59.2 Å². The molecule has 3 heterocycles. The Kier molecular flexibility index (Phi) is 5.93. The Morgan fingerprint density at radius 1 is 1.25 bits per heavy atom. The van der Waals surface area contributed by atoms with Gasteiger partial charge in [-0.2, -0.15) is 0 Å². The molecule has 28 heavy (non-hydrogen) atoms. The molecule has 1 saturated heterocycles. The van der Waals surface area contributed by atoms with Crippen LogP contribution in [0.3, 0.4) is 0 Å². The normalized spacial score (nSPS) is 18.8. The second kappa shape index (κ2) is 8.39. The van der Waals surface area contributed by atoms with Gasteiger partial charge in [0.1, 0.15) is 23.7 Å². The highest BCUT2D eigenvalue weighted by Crippen LogP contribution is 2.26. The second-order valence-corrected chi connectivity index (χ2v) is 7.33. The van der Waals surface area contributed by atoms with Crippen molar-refractivity contribution >= 4 is 23.2 Å². The molecule has 0 aromatic carbocycles. The summed E-state index contributed by atoms with van der Waals surface area (Å²) >= 11 is 0. The number of aliphatic hydroxyl groups excluding tert-OH is 1. The van der Waals surface area contributed by atoms with E-state index in [9.17, 15) is 9.90 Å². The first-order valence-corrected chi connectivity index (χ1v) is 9.21. The SMILES string of the molecule is CN(C)C(=O)c1cc(NC[C@H]2C[C@@H](O)CN2c2cc(N(C)C)ncn2)ccn1. The first kappa shape index (κ1) is 19.8. The summed E-state index contributed by atoms with van der Waals surface area (Å²) in [5, 5.41) is 13.6. The zero-order valence-electron chi connectivity index (χ0n) is 16.7. The van der Waals surface area contributed by atoms with Gasteiger partial charge in [0.25, 0.3) is 5.91 Å². The van der Waals surface area contributed by atoms with Gasteiger partial charge in [-0.05, 0) is 18.6 Å². The molecule has 2 N–H and O–H groups in total. The van der Waals surface area contributed by atoms with Crippen molar-refractivity contribution in [1.29, 1.82) is 0 Å². The molecule has 3 rings (SSSR count). The predicted octanol–water partition coefficient (Wildman–Crippen LogP) is 0.691. The third kappa shape index (κ3) is 4.48. The van der Waals surface area contributed by atoms with E-state index in [4.69, 9.17) is 0 Å². The van der Waals surface area contributed by atoms with Crippen LogP contribution in [0, 0.1) is 0 Å². The molecule has 1 aliphatic heterocycles. The Morgan fingerprint density at radius 2 is 2.04 bits per heavy atom. The molecule has 1 fully saturated rings. The van der Waals surface area contributed by atoms with Gasteiger partial charge in [-0.15, -0.1) is 0 Å². The number of nitrogens with one attached hydrogen (secondary N) is 1. The van der Waals surface area contributed by atoms with Crippen molar-refractivity contribution in [1.82, 2.24) is 19.9 Å². The molecule has 0 bridgehead atoms. The van der Waals surface area contributed by atoms with Gasteiger partial charge in [0.05, 0.1) is 12.1 Å². The van der Waals surface area contributed by atoms with E-state index in [-0.39, 0.29) is 11.9 Å². The minimum absolute atomic E-state index is 0.0704. The average Bonchev–Trinajstić information content (AvgIpc) is 3.06. The van der Waals surface area contributed by atoms with Gasteiger partial charge in [-0.1, -0.05) is 0 Å². The number of carbonyl (C=O) groups is 1. The summed E-state index contributed by atoms with van der Waals surface area (Å²) in [6.07, 6.45) is 3.40. The number of nitrogens with zero attached hydrogens (tertiary/aromatic N) is 6. The molecule has 0 aliphatic carbocycles. The average molecular weight is 385 g/mol. The van der Waals surface area contributed by atoms with E-state index in [1.54, 1.807) is 32.7 Å². The lowest BCUT2D eigenvalue weighted by molar-refractivity contribution is 0.0822. The van der Waals surface area contributed by atoms with Crippen molar-refractivity contribution in [2.45, 2.75) is 18.6 Å². The highest BCUT2D eigenvalue weighted by atomic mass is 16.3. The zero-order chi connectivity index (χ0) is 20.3. The maximum Gasteiger partial charge on any atom is 0.272 e. The predicted molar refractivity (Wildman–Crippen MR) is 109 cm³/mol. The minimum atomic E-state index is -0.409. The molecule has 1 aliphatic rings. The minimum Gasteiger partial charge on any atom is -0.391 e. The molecule has 2 aromatic rings. The monoisotopic (exact) mass is 385 g/mol. The summed E-state index contributed by atoms with van der Waals surface area (Å²) in [4.78, 5) is 30.4. The largest absolute Gasteiger partial charge is 0.391 e. The Hall–Kier alpha value is -2.94. The van der Waals surface area contributed by atoms with Gasteiger partial charge in [0.2, 0.25) is 0 Å². The highest BCUT2D eigenvalue weighted by molar-refractivity contribution is 5.92. The van der Waals surface area contributed by atoms with Crippen LogP contribution in [0.25, 0.3) is 0 Å². The van der Waals surface area contributed by atoms with E-state index >= 15 is 0 Å². The molecule has 0 unspecified atom stereocenters. The van der Waals surface area contributed by atoms with E-state index in [0.29, 0.717) is 25.2 Å². The van der Waals surface area contributed by atoms with Crippen molar-refractivity contribution in [3.63, 3.8) is 0 Å². The van der Waals surface area contributed by atoms with Crippen LogP contribution in [0.1, 0.15) is 16.9 Å². The van der Waals surface area contributed by atoms with Crippen LogP contribution in [-0.4, -0.2) is 84.3 Å². The Bertz CT molecular complexity index is 827. The first-order chi connectivity index (χ1) is 13.3. The third-order valence-electron chi connectivity index (χ3n) is 4.71. The second-order valence-electron chi connectivity index (χ2n) is 7.33. The van der Waals surface area contributed by atoms with Gasteiger partial charge < -0.3 is 25.1 Å². The topological polar surface area (TPSA) is 97.7 Å². The fourth-order valence-electron chi connectivity index (χ4n) is 3.23. The lowest BCUT2D eigenvalue weighted by Crippen LogP contribution is -2.36. The van der Waals surface area contributed by atoms with Crippen LogP contribution < -0.4 is 15.1 Å². The number of aromatic nitrogens is 3. The number of hydrogen-bond donors (Lipinski definition) is 2. The molecule has 150 valence electrons. The lowest BCUT2D eigenvalue weighted by Gasteiger charge is -2.26. The summed E-state index contributed by atoms with van der Waals surface area (Å²) in [7, 11) is 7.26. The van der Waals surface area contributed by atoms with Gasteiger partial charge in [0.15, 0.2) is 0 Å². The maximum atomic E-state index is 12.1. The van der Waals surface area contributed by atoms with Gasteiger partial charge >= 0.3 is 0 Å². The molecule has 9 nitrogen and oxygen atoms in total. The highest BCUT2D eigenvalue weighted by Gasteiger charge is 2.32. The zero-order valence-corrected chi connectivity index (χ0v) is 16.7. The standard InChI is InChI=1S/C19H27N7O2/c1-24(2)17-9-18(23-12-22-17)26-11-15(27)8-14(26)10-21-13-5-6-20-16(7-13)19(28)25(3)4/h5-7,9,12,14-15,27H,8,10-11H2,1-4H3,(H,20,21)/t14-,15-/m1/s1. The van der Waals surface area contributed by atoms with E-state index in [1.807, 2.05) is 31.1 Å². The molecule has 0 saturated carbocycles. The van der Waals surface area contributed by atoms with Gasteiger partial charge in [-0.3, -0.25) is 9.78 Å². The van der Waals surface area contributed by atoms with E-state index in [2.05, 4.69) is 25.2 Å². The van der Waals surface area contributed by atoms with Crippen molar-refractivity contribution in [3.8, 4) is 0 Å². The van der Waals surface area contributed by atoms with Crippen LogP contribution in [0.15, 0.2) is 30.7 Å². The number of rotatable bonds is 6. The number of amides is 1. The van der Waals surface area contributed by atoms with E-state index < -0.39 is 6.10 Å². The lowest BCUT2D eigenvalue weighted by atomic mass is 10.2. The van der Waals surface area contributed by atoms with Crippen LogP contribution in [0.2, 0.25) is 0 Å². The van der Waals surface area contributed by atoms with Crippen molar-refractivity contribution in [3.05, 3.63) is 36.4 Å². The number of carbonyl (C=O) groups excluding carboxylic acids is 1. The molecule has 0 spiro atoms. The van der Waals surface area contributed by atoms with Crippen molar-refractivity contribution in [2.75, 3.05) is 56.4 Å². The summed E-state index contributed by atoms with van der Waals surface area (Å²) < 4.78 is 0. The van der Waals surface area contributed by atoms with Crippen LogP contribution in [0.5, 0.6) is 0 Å². The van der Waals surface area contributed by atoms with Crippen molar-refractivity contribution < 1.29 is 9.90 Å². The molecule has 0 radical (unpaired) electrons. The number of pyridine rings is 1. The third-order valence-corrected chi connectivity index (χ3v) is 4.71. The first-order valence-electron chi connectivity index (χ1n) is 9.21. The molecular formula is C19H27N7O2.